The van der Waals surface area contributed by atoms with E-state index in [1.807, 2.05) is 0 Å². The van der Waals surface area contributed by atoms with Gasteiger partial charge in [0.25, 0.3) is 0 Å². The first-order valence-corrected chi connectivity index (χ1v) is 9.03. The molecule has 0 atom stereocenters. The summed E-state index contributed by atoms with van der Waals surface area (Å²) < 4.78 is 40.1. The van der Waals surface area contributed by atoms with Crippen LogP contribution in [0.2, 0.25) is 5.02 Å². The molecule has 1 aliphatic rings. The van der Waals surface area contributed by atoms with Crippen LogP contribution in [0.15, 0.2) is 36.7 Å². The molecule has 5 nitrogen and oxygen atoms in total. The van der Waals surface area contributed by atoms with E-state index < -0.39 is 11.7 Å². The molecule has 2 heterocycles. The lowest BCUT2D eigenvalue weighted by Gasteiger charge is -2.35. The molecular weight excluding hydrogens is 381 g/mol. The minimum absolute atomic E-state index is 0.0420. The van der Waals surface area contributed by atoms with Gasteiger partial charge in [-0.1, -0.05) is 29.8 Å². The van der Waals surface area contributed by atoms with Crippen molar-refractivity contribution >= 4 is 17.5 Å². The van der Waals surface area contributed by atoms with Gasteiger partial charge in [-0.05, 0) is 11.6 Å². The monoisotopic (exact) mass is 400 g/mol. The van der Waals surface area contributed by atoms with Crippen molar-refractivity contribution < 1.29 is 18.0 Å². The third-order valence-corrected chi connectivity index (χ3v) is 4.74. The third kappa shape index (κ3) is 5.46. The maximum Gasteiger partial charge on any atom is 0.416 e. The number of hydrogen-bond donors (Lipinski definition) is 0. The minimum Gasteiger partial charge on any atom is -0.340 e. The Morgan fingerprint density at radius 1 is 1.19 bits per heavy atom. The van der Waals surface area contributed by atoms with Gasteiger partial charge in [-0.15, -0.1) is 0 Å². The van der Waals surface area contributed by atoms with Gasteiger partial charge in [-0.25, -0.2) is 0 Å². The molecule has 9 heteroatoms. The molecule has 0 saturated carbocycles. The van der Waals surface area contributed by atoms with Crippen LogP contribution in [0, 0.1) is 0 Å². The van der Waals surface area contributed by atoms with E-state index in [-0.39, 0.29) is 5.91 Å². The Morgan fingerprint density at radius 2 is 1.93 bits per heavy atom. The smallest absolute Gasteiger partial charge is 0.340 e. The Bertz CT molecular complexity index is 785. The molecule has 3 rings (SSSR count). The SMILES string of the molecule is O=C(CCn1cc(Cl)cn1)N1CCN(Cc2cccc(C(F)(F)F)c2)CC1. The molecule has 0 N–H and O–H groups in total. The maximum atomic E-state index is 12.8. The van der Waals surface area contributed by atoms with E-state index in [4.69, 9.17) is 11.6 Å². The zero-order valence-corrected chi connectivity index (χ0v) is 15.4. The van der Waals surface area contributed by atoms with Crippen molar-refractivity contribution in [1.29, 1.82) is 0 Å². The molecule has 1 aromatic carbocycles. The van der Waals surface area contributed by atoms with Crippen LogP contribution < -0.4 is 0 Å². The van der Waals surface area contributed by atoms with Crippen LogP contribution in [-0.4, -0.2) is 51.7 Å². The van der Waals surface area contributed by atoms with E-state index in [2.05, 4.69) is 10.00 Å². The van der Waals surface area contributed by atoms with Crippen molar-refractivity contribution in [2.24, 2.45) is 0 Å². The Kier molecular flexibility index (Phi) is 6.06. The van der Waals surface area contributed by atoms with Crippen molar-refractivity contribution in [3.63, 3.8) is 0 Å². The summed E-state index contributed by atoms with van der Waals surface area (Å²) in [5.74, 6) is 0.0420. The number of amides is 1. The van der Waals surface area contributed by atoms with Gasteiger partial charge < -0.3 is 4.90 Å². The van der Waals surface area contributed by atoms with Gasteiger partial charge >= 0.3 is 6.18 Å². The lowest BCUT2D eigenvalue weighted by atomic mass is 10.1. The first-order chi connectivity index (χ1) is 12.8. The molecule has 2 aromatic rings. The standard InChI is InChI=1S/C18H20ClF3N4O/c19-16-11-23-26(13-16)5-4-17(27)25-8-6-24(7-9-25)12-14-2-1-3-15(10-14)18(20,21)22/h1-3,10-11,13H,4-9,12H2. The molecule has 0 unspecified atom stereocenters. The van der Waals surface area contributed by atoms with Crippen LogP contribution in [0.5, 0.6) is 0 Å². The second-order valence-electron chi connectivity index (χ2n) is 6.53. The molecule has 0 bridgehead atoms. The minimum atomic E-state index is -4.33. The number of rotatable bonds is 5. The van der Waals surface area contributed by atoms with Crippen molar-refractivity contribution in [2.75, 3.05) is 26.2 Å². The lowest BCUT2D eigenvalue weighted by molar-refractivity contribution is -0.137. The second-order valence-corrected chi connectivity index (χ2v) is 6.96. The summed E-state index contributed by atoms with van der Waals surface area (Å²) in [4.78, 5) is 16.2. The summed E-state index contributed by atoms with van der Waals surface area (Å²) >= 11 is 5.80. The largest absolute Gasteiger partial charge is 0.416 e. The highest BCUT2D eigenvalue weighted by atomic mass is 35.5. The van der Waals surface area contributed by atoms with Gasteiger partial charge in [0, 0.05) is 51.9 Å². The maximum absolute atomic E-state index is 12.8. The summed E-state index contributed by atoms with van der Waals surface area (Å²) in [5, 5.41) is 4.57. The average molecular weight is 401 g/mol. The van der Waals surface area contributed by atoms with Crippen LogP contribution in [-0.2, 0) is 24.1 Å². The Balaban J connectivity index is 1.46. The van der Waals surface area contributed by atoms with Gasteiger partial charge in [-0.3, -0.25) is 14.4 Å². The number of aryl methyl sites for hydroxylation is 1. The van der Waals surface area contributed by atoms with E-state index in [0.717, 1.165) is 6.07 Å². The van der Waals surface area contributed by atoms with Crippen LogP contribution in [0.3, 0.4) is 0 Å². The number of piperazine rings is 1. The number of halogens is 4. The summed E-state index contributed by atoms with van der Waals surface area (Å²) in [5.41, 5.74) is -0.00676. The molecule has 0 spiro atoms. The van der Waals surface area contributed by atoms with E-state index in [0.29, 0.717) is 56.3 Å². The molecule has 1 fully saturated rings. The second kappa shape index (κ2) is 8.31. The fourth-order valence-corrected chi connectivity index (χ4v) is 3.24. The first kappa shape index (κ1) is 19.7. The van der Waals surface area contributed by atoms with E-state index in [9.17, 15) is 18.0 Å². The van der Waals surface area contributed by atoms with Crippen molar-refractivity contribution in [3.05, 3.63) is 52.8 Å². The average Bonchev–Trinajstić information content (AvgIpc) is 3.05. The van der Waals surface area contributed by atoms with Gasteiger partial charge in [0.15, 0.2) is 0 Å². The predicted molar refractivity (Wildman–Crippen MR) is 95.2 cm³/mol. The highest BCUT2D eigenvalue weighted by Crippen LogP contribution is 2.29. The molecule has 0 aliphatic carbocycles. The molecule has 27 heavy (non-hydrogen) atoms. The fraction of sp³-hybridized carbons (Fsp3) is 0.444. The normalized spacial score (nSPS) is 15.9. The van der Waals surface area contributed by atoms with Crippen molar-refractivity contribution in [2.45, 2.75) is 25.7 Å². The highest BCUT2D eigenvalue weighted by molar-refractivity contribution is 6.30. The number of hydrogen-bond acceptors (Lipinski definition) is 3. The zero-order valence-electron chi connectivity index (χ0n) is 14.6. The Labute approximate surface area is 160 Å². The molecule has 1 aromatic heterocycles. The van der Waals surface area contributed by atoms with Crippen LogP contribution in [0.25, 0.3) is 0 Å². The van der Waals surface area contributed by atoms with Gasteiger partial charge in [-0.2, -0.15) is 18.3 Å². The van der Waals surface area contributed by atoms with Gasteiger partial charge in [0.05, 0.1) is 16.8 Å². The number of alkyl halides is 3. The fourth-order valence-electron chi connectivity index (χ4n) is 3.09. The highest BCUT2D eigenvalue weighted by Gasteiger charge is 2.30. The van der Waals surface area contributed by atoms with Crippen LogP contribution in [0.4, 0.5) is 13.2 Å². The number of benzene rings is 1. The number of carbonyl (C=O) groups excluding carboxylic acids is 1. The topological polar surface area (TPSA) is 41.4 Å². The Morgan fingerprint density at radius 3 is 2.56 bits per heavy atom. The molecule has 146 valence electrons. The first-order valence-electron chi connectivity index (χ1n) is 8.65. The molecule has 1 saturated heterocycles. The molecular formula is C18H20ClF3N4O. The summed E-state index contributed by atoms with van der Waals surface area (Å²) in [6, 6.07) is 5.39. The quantitative estimate of drug-likeness (QED) is 0.773. The van der Waals surface area contributed by atoms with Crippen LogP contribution in [0.1, 0.15) is 17.5 Å². The number of carbonyl (C=O) groups is 1. The number of nitrogens with zero attached hydrogens (tertiary/aromatic N) is 4. The zero-order chi connectivity index (χ0) is 19.4. The van der Waals surface area contributed by atoms with Gasteiger partial charge in [0.1, 0.15) is 0 Å². The Hall–Kier alpha value is -2.06. The molecule has 1 amide bonds. The van der Waals surface area contributed by atoms with Gasteiger partial charge in [0.2, 0.25) is 5.91 Å². The number of aromatic nitrogens is 2. The van der Waals surface area contributed by atoms with E-state index in [1.165, 1.54) is 18.3 Å². The lowest BCUT2D eigenvalue weighted by Crippen LogP contribution is -2.48. The summed E-state index contributed by atoms with van der Waals surface area (Å²) in [7, 11) is 0. The summed E-state index contributed by atoms with van der Waals surface area (Å²) in [6.45, 7) is 3.31. The predicted octanol–water partition coefficient (Wildman–Crippen LogP) is 3.29. The van der Waals surface area contributed by atoms with Crippen molar-refractivity contribution in [1.82, 2.24) is 19.6 Å². The van der Waals surface area contributed by atoms with Crippen LogP contribution >= 0.6 is 11.6 Å². The van der Waals surface area contributed by atoms with Crippen molar-refractivity contribution in [3.8, 4) is 0 Å². The molecule has 0 radical (unpaired) electrons. The summed E-state index contributed by atoms with van der Waals surface area (Å²) in [6.07, 6.45) is -0.800. The molecule has 1 aliphatic heterocycles. The van der Waals surface area contributed by atoms with E-state index >= 15 is 0 Å². The third-order valence-electron chi connectivity index (χ3n) is 4.54. The van der Waals surface area contributed by atoms with E-state index in [1.54, 1.807) is 21.8 Å².